The van der Waals surface area contributed by atoms with Crippen LogP contribution in [0.1, 0.15) is 0 Å². The monoisotopic (exact) mass is 165 g/mol. The molecule has 1 radical (unpaired) electrons. The van der Waals surface area contributed by atoms with Crippen LogP contribution in [-0.2, 0) is 0 Å². The summed E-state index contributed by atoms with van der Waals surface area (Å²) in [5, 5.41) is 1.45. The first-order valence-corrected chi connectivity index (χ1v) is 6.18. The second-order valence-electron chi connectivity index (χ2n) is 2.73. The fourth-order valence-electron chi connectivity index (χ4n) is 0.924. The summed E-state index contributed by atoms with van der Waals surface area (Å²) in [6, 6.07) is 8.33. The van der Waals surface area contributed by atoms with Crippen molar-refractivity contribution in [2.45, 2.75) is 13.1 Å². The molecule has 0 N–H and O–H groups in total. The van der Waals surface area contributed by atoms with Gasteiger partial charge in [-0.05, 0) is 12.1 Å². The topological polar surface area (TPSA) is 9.23 Å². The molecular formula is C9H13OSi. The van der Waals surface area contributed by atoms with Gasteiger partial charge in [-0.1, -0.05) is 30.4 Å². The maximum atomic E-state index is 5.06. The predicted octanol–water partition coefficient (Wildman–Crippen LogP) is 1.66. The molecule has 11 heavy (non-hydrogen) atoms. The molecule has 0 saturated heterocycles. The summed E-state index contributed by atoms with van der Waals surface area (Å²) in [5.41, 5.74) is 0. The van der Waals surface area contributed by atoms with Crippen LogP contribution in [0.3, 0.4) is 0 Å². The Balaban J connectivity index is 2.83. The molecule has 0 unspecified atom stereocenters. The van der Waals surface area contributed by atoms with Crippen molar-refractivity contribution in [3.63, 3.8) is 0 Å². The lowest BCUT2D eigenvalue weighted by atomic mass is 10.3. The number of ether oxygens (including phenoxy) is 1. The normalized spacial score (nSPS) is 10.2. The highest BCUT2D eigenvalue weighted by Gasteiger charge is 1.99. The van der Waals surface area contributed by atoms with Crippen LogP contribution in [0.15, 0.2) is 24.3 Å². The maximum absolute atomic E-state index is 5.06. The largest absolute Gasteiger partial charge is 0.497 e. The van der Waals surface area contributed by atoms with Gasteiger partial charge in [0.05, 0.1) is 15.9 Å². The fraction of sp³-hybridized carbons (Fsp3) is 0.333. The van der Waals surface area contributed by atoms with Gasteiger partial charge < -0.3 is 4.74 Å². The lowest BCUT2D eigenvalue weighted by Gasteiger charge is -2.03. The Kier molecular flexibility index (Phi) is 2.71. The molecule has 0 aromatic heterocycles. The first-order chi connectivity index (χ1) is 5.24. The van der Waals surface area contributed by atoms with Crippen LogP contribution in [0.5, 0.6) is 5.75 Å². The number of hydrogen-bond donors (Lipinski definition) is 0. The Morgan fingerprint density at radius 2 is 1.64 bits per heavy atom. The van der Waals surface area contributed by atoms with Crippen molar-refractivity contribution in [1.82, 2.24) is 0 Å². The molecule has 0 fully saturated rings. The van der Waals surface area contributed by atoms with Crippen molar-refractivity contribution in [3.8, 4) is 5.75 Å². The summed E-state index contributed by atoms with van der Waals surface area (Å²) in [7, 11) is 1.40. The maximum Gasteiger partial charge on any atom is 0.118 e. The van der Waals surface area contributed by atoms with Gasteiger partial charge >= 0.3 is 0 Å². The Labute approximate surface area is 69.6 Å². The Bertz CT molecular complexity index is 216. The molecule has 1 nitrogen and oxygen atoms in total. The molecule has 0 spiro atoms. The molecule has 0 aliphatic rings. The molecule has 0 saturated carbocycles. The van der Waals surface area contributed by atoms with Crippen LogP contribution in [0.25, 0.3) is 0 Å². The van der Waals surface area contributed by atoms with Crippen LogP contribution < -0.4 is 9.92 Å². The van der Waals surface area contributed by atoms with Gasteiger partial charge in [0.1, 0.15) is 5.75 Å². The van der Waals surface area contributed by atoms with Crippen LogP contribution in [0.2, 0.25) is 13.1 Å². The van der Waals surface area contributed by atoms with Crippen molar-refractivity contribution in [1.29, 1.82) is 0 Å². The molecule has 0 aliphatic carbocycles. The highest BCUT2D eigenvalue weighted by molar-refractivity contribution is 6.70. The van der Waals surface area contributed by atoms with E-state index in [1.807, 2.05) is 12.1 Å². The van der Waals surface area contributed by atoms with Crippen molar-refractivity contribution in [2.75, 3.05) is 7.11 Å². The number of rotatable bonds is 2. The van der Waals surface area contributed by atoms with E-state index in [1.54, 1.807) is 7.11 Å². The van der Waals surface area contributed by atoms with Gasteiger partial charge in [-0.2, -0.15) is 0 Å². The minimum absolute atomic E-state index is 0.292. The molecule has 1 rings (SSSR count). The molecule has 59 valence electrons. The SMILES string of the molecule is COc1ccc([Si](C)C)cc1. The van der Waals surface area contributed by atoms with E-state index in [0.717, 1.165) is 5.75 Å². The zero-order valence-corrected chi connectivity index (χ0v) is 8.22. The average molecular weight is 165 g/mol. The van der Waals surface area contributed by atoms with Crippen molar-refractivity contribution in [3.05, 3.63) is 24.3 Å². The zero-order chi connectivity index (χ0) is 8.27. The molecule has 0 atom stereocenters. The second-order valence-corrected chi connectivity index (χ2v) is 5.31. The summed E-state index contributed by atoms with van der Waals surface area (Å²) >= 11 is 0. The van der Waals surface area contributed by atoms with Gasteiger partial charge in [-0.15, -0.1) is 0 Å². The van der Waals surface area contributed by atoms with E-state index in [4.69, 9.17) is 4.74 Å². The minimum atomic E-state index is -0.292. The lowest BCUT2D eigenvalue weighted by molar-refractivity contribution is 0.415. The molecule has 0 bridgehead atoms. The molecular weight excluding hydrogens is 152 g/mol. The van der Waals surface area contributed by atoms with E-state index in [-0.39, 0.29) is 8.80 Å². The highest BCUT2D eigenvalue weighted by atomic mass is 28.3. The van der Waals surface area contributed by atoms with Crippen LogP contribution >= 0.6 is 0 Å². The molecule has 1 aromatic carbocycles. The third-order valence-corrected chi connectivity index (χ3v) is 3.16. The Morgan fingerprint density at radius 1 is 1.09 bits per heavy atom. The van der Waals surface area contributed by atoms with E-state index in [1.165, 1.54) is 5.19 Å². The Morgan fingerprint density at radius 3 is 2.00 bits per heavy atom. The molecule has 0 amide bonds. The van der Waals surface area contributed by atoms with Gasteiger partial charge in [-0.3, -0.25) is 0 Å². The van der Waals surface area contributed by atoms with Crippen molar-refractivity contribution < 1.29 is 4.74 Å². The third-order valence-electron chi connectivity index (χ3n) is 1.67. The van der Waals surface area contributed by atoms with Gasteiger partial charge in [0, 0.05) is 0 Å². The summed E-state index contributed by atoms with van der Waals surface area (Å²) in [4.78, 5) is 0. The minimum Gasteiger partial charge on any atom is -0.497 e. The standard InChI is InChI=1S/C9H13OSi/c1-10-8-4-6-9(7-5-8)11(2)3/h4-7H,1-3H3. The first kappa shape index (κ1) is 8.33. The van der Waals surface area contributed by atoms with Gasteiger partial charge in [-0.25, -0.2) is 0 Å². The first-order valence-electron chi connectivity index (χ1n) is 3.68. The Hall–Kier alpha value is -0.763. The third kappa shape index (κ3) is 2.08. The average Bonchev–Trinajstić information content (AvgIpc) is 2.05. The van der Waals surface area contributed by atoms with Gasteiger partial charge in [0.25, 0.3) is 0 Å². The predicted molar refractivity (Wildman–Crippen MR) is 50.1 cm³/mol. The van der Waals surface area contributed by atoms with Crippen molar-refractivity contribution >= 4 is 14.0 Å². The molecule has 0 heterocycles. The van der Waals surface area contributed by atoms with E-state index in [9.17, 15) is 0 Å². The van der Waals surface area contributed by atoms with Crippen molar-refractivity contribution in [2.24, 2.45) is 0 Å². The van der Waals surface area contributed by atoms with Crippen LogP contribution in [0.4, 0.5) is 0 Å². The van der Waals surface area contributed by atoms with E-state index in [0.29, 0.717) is 0 Å². The quantitative estimate of drug-likeness (QED) is 0.606. The summed E-state index contributed by atoms with van der Waals surface area (Å²) in [6.45, 7) is 4.57. The number of benzene rings is 1. The zero-order valence-electron chi connectivity index (χ0n) is 7.22. The molecule has 2 heteroatoms. The van der Waals surface area contributed by atoms with E-state index >= 15 is 0 Å². The molecule has 0 aliphatic heterocycles. The van der Waals surface area contributed by atoms with Gasteiger partial charge in [0.15, 0.2) is 0 Å². The van der Waals surface area contributed by atoms with Crippen LogP contribution in [0, 0.1) is 0 Å². The lowest BCUT2D eigenvalue weighted by Crippen LogP contribution is -2.21. The fourth-order valence-corrected chi connectivity index (χ4v) is 1.76. The highest BCUT2D eigenvalue weighted by Crippen LogP contribution is 2.05. The second kappa shape index (κ2) is 3.58. The smallest absolute Gasteiger partial charge is 0.118 e. The van der Waals surface area contributed by atoms with Crippen LogP contribution in [-0.4, -0.2) is 15.9 Å². The van der Waals surface area contributed by atoms with E-state index in [2.05, 4.69) is 25.2 Å². The van der Waals surface area contributed by atoms with E-state index < -0.39 is 0 Å². The summed E-state index contributed by atoms with van der Waals surface area (Å²) < 4.78 is 5.06. The van der Waals surface area contributed by atoms with Gasteiger partial charge in [0.2, 0.25) is 0 Å². The number of methoxy groups -OCH3 is 1. The molecule has 1 aromatic rings. The summed E-state index contributed by atoms with van der Waals surface area (Å²) in [6.07, 6.45) is 0. The summed E-state index contributed by atoms with van der Waals surface area (Å²) in [5.74, 6) is 0.942. The number of hydrogen-bond acceptors (Lipinski definition) is 1.